The van der Waals surface area contributed by atoms with Crippen LogP contribution in [-0.4, -0.2) is 71.2 Å². The molecule has 0 radical (unpaired) electrons. The fourth-order valence-corrected chi connectivity index (χ4v) is 4.12. The summed E-state index contributed by atoms with van der Waals surface area (Å²) in [5.41, 5.74) is 0. The number of rotatable bonds is 7. The highest BCUT2D eigenvalue weighted by molar-refractivity contribution is 5.78. The van der Waals surface area contributed by atoms with Crippen LogP contribution < -0.4 is 0 Å². The fraction of sp³-hybridized carbons (Fsp3) is 0.800. The van der Waals surface area contributed by atoms with Crippen molar-refractivity contribution in [1.29, 1.82) is 0 Å². The van der Waals surface area contributed by atoms with Gasteiger partial charge in [0.25, 0.3) is 0 Å². The molecule has 3 rings (SSSR count). The Morgan fingerprint density at radius 2 is 2.00 bits per heavy atom. The Hall–Kier alpha value is -1.40. The van der Waals surface area contributed by atoms with Crippen molar-refractivity contribution >= 4 is 5.91 Å². The fourth-order valence-electron chi connectivity index (χ4n) is 4.12. The van der Waals surface area contributed by atoms with E-state index in [0.29, 0.717) is 11.8 Å². The summed E-state index contributed by atoms with van der Waals surface area (Å²) in [7, 11) is 0. The third-order valence-corrected chi connectivity index (χ3v) is 5.73. The minimum Gasteiger partial charge on any atom is -0.379 e. The highest BCUT2D eigenvalue weighted by atomic mass is 16.5. The van der Waals surface area contributed by atoms with Crippen molar-refractivity contribution in [3.05, 3.63) is 18.2 Å². The molecule has 0 spiro atoms. The zero-order valence-corrected chi connectivity index (χ0v) is 16.4. The lowest BCUT2D eigenvalue weighted by molar-refractivity contribution is -0.137. The first-order valence-electron chi connectivity index (χ1n) is 10.3. The number of piperidine rings is 1. The number of unbranched alkanes of at least 4 members (excludes halogenated alkanes) is 1. The Bertz CT molecular complexity index is 560. The van der Waals surface area contributed by atoms with Gasteiger partial charge >= 0.3 is 0 Å². The molecule has 0 unspecified atom stereocenters. The molecule has 0 bridgehead atoms. The summed E-state index contributed by atoms with van der Waals surface area (Å²) in [5.74, 6) is 2.08. The number of amides is 1. The summed E-state index contributed by atoms with van der Waals surface area (Å²) in [4.78, 5) is 21.9. The van der Waals surface area contributed by atoms with Gasteiger partial charge < -0.3 is 14.2 Å². The van der Waals surface area contributed by atoms with Crippen molar-refractivity contribution in [3.8, 4) is 0 Å². The van der Waals surface area contributed by atoms with Gasteiger partial charge in [-0.3, -0.25) is 9.69 Å². The van der Waals surface area contributed by atoms with E-state index in [1.165, 1.54) is 18.7 Å². The highest BCUT2D eigenvalue weighted by Crippen LogP contribution is 2.28. The molecule has 2 saturated heterocycles. The van der Waals surface area contributed by atoms with Crippen LogP contribution in [0.1, 0.15) is 51.3 Å². The molecule has 6 heteroatoms. The maximum Gasteiger partial charge on any atom is 0.226 e. The SMILES string of the molecule is CCCCn1ccnc1C1CCN(C(=O)[C@H](C)CN2CCOCC2)CC1. The number of nitrogens with zero attached hydrogens (tertiary/aromatic N) is 4. The maximum absolute atomic E-state index is 12.8. The van der Waals surface area contributed by atoms with Crippen LogP contribution in [0.3, 0.4) is 0 Å². The second-order valence-corrected chi connectivity index (χ2v) is 7.75. The Morgan fingerprint density at radius 1 is 1.27 bits per heavy atom. The van der Waals surface area contributed by atoms with Gasteiger partial charge in [-0.05, 0) is 19.3 Å². The summed E-state index contributed by atoms with van der Waals surface area (Å²) in [5, 5.41) is 0. The van der Waals surface area contributed by atoms with Gasteiger partial charge in [0.05, 0.1) is 13.2 Å². The number of ether oxygens (including phenoxy) is 1. The molecule has 1 atom stereocenters. The van der Waals surface area contributed by atoms with Crippen molar-refractivity contribution in [2.45, 2.75) is 52.0 Å². The highest BCUT2D eigenvalue weighted by Gasteiger charge is 2.29. The minimum absolute atomic E-state index is 0.0659. The van der Waals surface area contributed by atoms with Crippen LogP contribution >= 0.6 is 0 Å². The van der Waals surface area contributed by atoms with Gasteiger partial charge in [-0.25, -0.2) is 4.98 Å². The second kappa shape index (κ2) is 9.51. The number of likely N-dealkylation sites (tertiary alicyclic amines) is 1. The average Bonchev–Trinajstić information content (AvgIpc) is 3.15. The van der Waals surface area contributed by atoms with Crippen molar-refractivity contribution in [2.75, 3.05) is 45.9 Å². The van der Waals surface area contributed by atoms with Gasteiger partial charge in [0, 0.05) is 63.5 Å². The second-order valence-electron chi connectivity index (χ2n) is 7.75. The van der Waals surface area contributed by atoms with Gasteiger partial charge in [0.1, 0.15) is 5.82 Å². The van der Waals surface area contributed by atoms with Gasteiger partial charge in [0.2, 0.25) is 5.91 Å². The summed E-state index contributed by atoms with van der Waals surface area (Å²) < 4.78 is 7.71. The van der Waals surface area contributed by atoms with E-state index < -0.39 is 0 Å². The lowest BCUT2D eigenvalue weighted by Gasteiger charge is -2.35. The molecule has 146 valence electrons. The summed E-state index contributed by atoms with van der Waals surface area (Å²) >= 11 is 0. The molecule has 1 amide bonds. The Morgan fingerprint density at radius 3 is 2.69 bits per heavy atom. The van der Waals surface area contributed by atoms with Crippen molar-refractivity contribution in [1.82, 2.24) is 19.4 Å². The standard InChI is InChI=1S/C20H34N4O2/c1-3-4-8-23-11-7-21-19(23)18-5-9-24(10-6-18)20(25)17(2)16-22-12-14-26-15-13-22/h7,11,17-18H,3-6,8-10,12-16H2,1-2H3/t17-/m1/s1. The van der Waals surface area contributed by atoms with E-state index in [1.807, 2.05) is 6.20 Å². The lowest BCUT2D eigenvalue weighted by atomic mass is 9.94. The molecule has 2 fully saturated rings. The molecular formula is C20H34N4O2. The zero-order valence-electron chi connectivity index (χ0n) is 16.4. The summed E-state index contributed by atoms with van der Waals surface area (Å²) in [6, 6.07) is 0. The first kappa shape index (κ1) is 19.4. The molecule has 6 nitrogen and oxygen atoms in total. The van der Waals surface area contributed by atoms with Crippen LogP contribution in [-0.2, 0) is 16.1 Å². The Kier molecular flexibility index (Phi) is 7.08. The third kappa shape index (κ3) is 4.86. The maximum atomic E-state index is 12.8. The molecule has 2 aliphatic heterocycles. The number of hydrogen-bond donors (Lipinski definition) is 0. The van der Waals surface area contributed by atoms with Gasteiger partial charge in [0.15, 0.2) is 0 Å². The number of carbonyl (C=O) groups is 1. The largest absolute Gasteiger partial charge is 0.379 e. The first-order valence-corrected chi connectivity index (χ1v) is 10.3. The number of morpholine rings is 1. The van der Waals surface area contributed by atoms with Crippen LogP contribution in [0.25, 0.3) is 0 Å². The van der Waals surface area contributed by atoms with Crippen molar-refractivity contribution in [2.24, 2.45) is 5.92 Å². The zero-order chi connectivity index (χ0) is 18.4. The molecule has 0 aliphatic carbocycles. The molecular weight excluding hydrogens is 328 g/mol. The quantitative estimate of drug-likeness (QED) is 0.747. The number of aromatic nitrogens is 2. The summed E-state index contributed by atoms with van der Waals surface area (Å²) in [6.45, 7) is 11.4. The van der Waals surface area contributed by atoms with Crippen LogP contribution in [0.4, 0.5) is 0 Å². The molecule has 2 aliphatic rings. The topological polar surface area (TPSA) is 50.6 Å². The van der Waals surface area contributed by atoms with E-state index >= 15 is 0 Å². The minimum atomic E-state index is 0.0659. The Balaban J connectivity index is 1.48. The van der Waals surface area contributed by atoms with Crippen LogP contribution in [0.2, 0.25) is 0 Å². The molecule has 26 heavy (non-hydrogen) atoms. The Labute approximate surface area is 157 Å². The third-order valence-electron chi connectivity index (χ3n) is 5.73. The number of imidazole rings is 1. The monoisotopic (exact) mass is 362 g/mol. The molecule has 3 heterocycles. The average molecular weight is 363 g/mol. The van der Waals surface area contributed by atoms with Crippen LogP contribution in [0.5, 0.6) is 0 Å². The van der Waals surface area contributed by atoms with Crippen LogP contribution in [0, 0.1) is 5.92 Å². The van der Waals surface area contributed by atoms with Gasteiger partial charge in [-0.2, -0.15) is 0 Å². The summed E-state index contributed by atoms with van der Waals surface area (Å²) in [6.07, 6.45) is 8.48. The van der Waals surface area contributed by atoms with Crippen LogP contribution in [0.15, 0.2) is 12.4 Å². The van der Waals surface area contributed by atoms with E-state index in [1.54, 1.807) is 0 Å². The smallest absolute Gasteiger partial charge is 0.226 e. The first-order chi connectivity index (χ1) is 12.7. The van der Waals surface area contributed by atoms with Gasteiger partial charge in [-0.1, -0.05) is 20.3 Å². The van der Waals surface area contributed by atoms with Crippen molar-refractivity contribution < 1.29 is 9.53 Å². The van der Waals surface area contributed by atoms with E-state index in [9.17, 15) is 4.79 Å². The van der Waals surface area contributed by atoms with E-state index in [2.05, 4.69) is 39.4 Å². The van der Waals surface area contributed by atoms with E-state index in [4.69, 9.17) is 4.74 Å². The van der Waals surface area contributed by atoms with E-state index in [0.717, 1.165) is 65.3 Å². The van der Waals surface area contributed by atoms with Gasteiger partial charge in [-0.15, -0.1) is 0 Å². The number of aryl methyl sites for hydroxylation is 1. The van der Waals surface area contributed by atoms with Crippen molar-refractivity contribution in [3.63, 3.8) is 0 Å². The molecule has 1 aromatic heterocycles. The lowest BCUT2D eigenvalue weighted by Crippen LogP contribution is -2.46. The molecule has 1 aromatic rings. The normalized spacial score (nSPS) is 21.1. The molecule has 0 aromatic carbocycles. The van der Waals surface area contributed by atoms with E-state index in [-0.39, 0.29) is 5.92 Å². The molecule has 0 N–H and O–H groups in total. The number of carbonyl (C=O) groups excluding carboxylic acids is 1. The number of hydrogen-bond acceptors (Lipinski definition) is 4. The predicted octanol–water partition coefficient (Wildman–Crippen LogP) is 2.36. The molecule has 0 saturated carbocycles. The predicted molar refractivity (Wildman–Crippen MR) is 102 cm³/mol.